The average molecular weight is 504 g/mol. The van der Waals surface area contributed by atoms with E-state index in [1.807, 2.05) is 61.5 Å². The first-order valence-electron chi connectivity index (χ1n) is 12.9. The summed E-state index contributed by atoms with van der Waals surface area (Å²) in [4.78, 5) is 14.2. The molecule has 3 aromatic rings. The summed E-state index contributed by atoms with van der Waals surface area (Å²) in [5.74, 6) is 0. The van der Waals surface area contributed by atoms with E-state index in [9.17, 15) is 9.90 Å². The molecule has 0 bridgehead atoms. The van der Waals surface area contributed by atoms with Crippen LogP contribution in [0.4, 0.5) is 10.5 Å². The number of anilines is 1. The van der Waals surface area contributed by atoms with Gasteiger partial charge in [0.05, 0.1) is 18.8 Å². The van der Waals surface area contributed by atoms with Crippen molar-refractivity contribution in [2.45, 2.75) is 51.4 Å². The van der Waals surface area contributed by atoms with Crippen molar-refractivity contribution in [1.82, 2.24) is 10.2 Å². The van der Waals surface area contributed by atoms with Crippen LogP contribution in [-0.4, -0.2) is 42.3 Å². The number of hydrogen-bond acceptors (Lipinski definition) is 5. The van der Waals surface area contributed by atoms with E-state index in [4.69, 9.17) is 9.47 Å². The molecule has 3 aromatic carbocycles. The number of likely N-dealkylation sites (N-methyl/N-ethyl adjacent to an activating group) is 1. The molecule has 4 atom stereocenters. The molecule has 1 fully saturated rings. The summed E-state index contributed by atoms with van der Waals surface area (Å²) in [6, 6.07) is 26.0. The van der Waals surface area contributed by atoms with Gasteiger partial charge in [-0.2, -0.15) is 0 Å². The van der Waals surface area contributed by atoms with Gasteiger partial charge in [0.15, 0.2) is 6.29 Å². The highest BCUT2D eigenvalue weighted by atomic mass is 16.7. The molecule has 1 saturated heterocycles. The maximum absolute atomic E-state index is 11.9. The Kier molecular flexibility index (Phi) is 9.30. The van der Waals surface area contributed by atoms with Crippen molar-refractivity contribution in [3.05, 3.63) is 101 Å². The molecule has 7 heteroatoms. The van der Waals surface area contributed by atoms with Crippen molar-refractivity contribution in [2.75, 3.05) is 25.5 Å². The smallest absolute Gasteiger partial charge is 0.319 e. The van der Waals surface area contributed by atoms with E-state index in [1.165, 1.54) is 5.56 Å². The van der Waals surface area contributed by atoms with Crippen LogP contribution in [-0.2, 0) is 16.1 Å². The number of ether oxygens (including phenoxy) is 2. The molecule has 0 aliphatic carbocycles. The zero-order chi connectivity index (χ0) is 26.2. The third kappa shape index (κ3) is 7.17. The van der Waals surface area contributed by atoms with Crippen LogP contribution in [0.2, 0.25) is 0 Å². The third-order valence-electron chi connectivity index (χ3n) is 6.83. The number of urea groups is 1. The van der Waals surface area contributed by atoms with Gasteiger partial charge in [0.25, 0.3) is 0 Å². The Morgan fingerprint density at radius 2 is 1.68 bits per heavy atom. The number of carbonyl (C=O) groups is 1. The van der Waals surface area contributed by atoms with Crippen LogP contribution in [0.1, 0.15) is 61.0 Å². The molecule has 0 aromatic heterocycles. The Labute approximate surface area is 219 Å². The van der Waals surface area contributed by atoms with Crippen molar-refractivity contribution < 1.29 is 19.4 Å². The fourth-order valence-corrected chi connectivity index (χ4v) is 4.56. The zero-order valence-corrected chi connectivity index (χ0v) is 21.8. The van der Waals surface area contributed by atoms with Crippen molar-refractivity contribution >= 4 is 11.7 Å². The fraction of sp³-hybridized carbons (Fsp3) is 0.367. The molecule has 37 heavy (non-hydrogen) atoms. The van der Waals surface area contributed by atoms with E-state index in [0.29, 0.717) is 12.2 Å². The first-order valence-corrected chi connectivity index (χ1v) is 12.9. The first-order chi connectivity index (χ1) is 18.0. The van der Waals surface area contributed by atoms with Crippen LogP contribution in [0.25, 0.3) is 0 Å². The van der Waals surface area contributed by atoms with E-state index < -0.39 is 6.29 Å². The van der Waals surface area contributed by atoms with Gasteiger partial charge in [-0.25, -0.2) is 4.79 Å². The molecule has 196 valence electrons. The van der Waals surface area contributed by atoms with Gasteiger partial charge in [0, 0.05) is 36.8 Å². The lowest BCUT2D eigenvalue weighted by Gasteiger charge is -2.39. The quantitative estimate of drug-likeness (QED) is 0.356. The van der Waals surface area contributed by atoms with Gasteiger partial charge < -0.3 is 25.2 Å². The van der Waals surface area contributed by atoms with Crippen LogP contribution in [0.5, 0.6) is 0 Å². The van der Waals surface area contributed by atoms with Gasteiger partial charge in [-0.05, 0) is 49.7 Å². The van der Waals surface area contributed by atoms with Crippen molar-refractivity contribution in [3.63, 3.8) is 0 Å². The molecule has 3 N–H and O–H groups in total. The molecule has 0 spiro atoms. The summed E-state index contributed by atoms with van der Waals surface area (Å²) in [6.07, 6.45) is -0.0201. The largest absolute Gasteiger partial charge is 0.392 e. The first kappa shape index (κ1) is 26.8. The number of rotatable bonds is 9. The van der Waals surface area contributed by atoms with Gasteiger partial charge in [-0.3, -0.25) is 4.90 Å². The third-order valence-corrected chi connectivity index (χ3v) is 6.83. The van der Waals surface area contributed by atoms with Gasteiger partial charge in [-0.15, -0.1) is 0 Å². The highest BCUT2D eigenvalue weighted by Gasteiger charge is 2.33. The monoisotopic (exact) mass is 503 g/mol. The Balaban J connectivity index is 1.51. The van der Waals surface area contributed by atoms with Crippen LogP contribution in [0, 0.1) is 0 Å². The maximum Gasteiger partial charge on any atom is 0.319 e. The number of aliphatic hydroxyl groups is 1. The van der Waals surface area contributed by atoms with E-state index in [1.54, 1.807) is 0 Å². The topological polar surface area (TPSA) is 83.1 Å². The molecular weight excluding hydrogens is 466 g/mol. The summed E-state index contributed by atoms with van der Waals surface area (Å²) in [7, 11) is 2.12. The predicted molar refractivity (Wildman–Crippen MR) is 145 cm³/mol. The van der Waals surface area contributed by atoms with Gasteiger partial charge in [-0.1, -0.05) is 66.7 Å². The number of nitrogens with zero attached hydrogens (tertiary/aromatic N) is 1. The summed E-state index contributed by atoms with van der Waals surface area (Å²) in [5, 5.41) is 15.0. The minimum Gasteiger partial charge on any atom is -0.392 e. The summed E-state index contributed by atoms with van der Waals surface area (Å²) >= 11 is 0. The summed E-state index contributed by atoms with van der Waals surface area (Å²) in [6.45, 7) is 5.41. The van der Waals surface area contributed by atoms with Crippen molar-refractivity contribution in [2.24, 2.45) is 0 Å². The predicted octanol–water partition coefficient (Wildman–Crippen LogP) is 5.56. The molecule has 0 radical (unpaired) electrons. The molecule has 1 heterocycles. The van der Waals surface area contributed by atoms with Gasteiger partial charge >= 0.3 is 6.03 Å². The number of nitrogens with one attached hydrogen (secondary N) is 2. The minimum atomic E-state index is -0.541. The summed E-state index contributed by atoms with van der Waals surface area (Å²) in [5.41, 5.74) is 4.79. The standard InChI is InChI=1S/C30H37N3O4/c1-4-31-30(35)32-26-16-14-25(15-17-26)29-36-27(19-33(3)21(2)23-8-6-5-7-9-23)18-28(37-29)24-12-10-22(20-34)11-13-24/h5-17,21,27-29,34H,4,18-20H2,1-3H3,(H2,31,32,35). The highest BCUT2D eigenvalue weighted by molar-refractivity contribution is 5.89. The molecular formula is C30H37N3O4. The molecule has 1 aliphatic rings. The lowest BCUT2D eigenvalue weighted by Crippen LogP contribution is -2.38. The normalized spacial score (nSPS) is 20.4. The Bertz CT molecular complexity index is 1120. The van der Waals surface area contributed by atoms with E-state index >= 15 is 0 Å². The minimum absolute atomic E-state index is 0.0129. The second-order valence-corrected chi connectivity index (χ2v) is 9.48. The van der Waals surface area contributed by atoms with Crippen molar-refractivity contribution in [3.8, 4) is 0 Å². The van der Waals surface area contributed by atoms with E-state index in [-0.39, 0.29) is 30.9 Å². The van der Waals surface area contributed by atoms with Crippen molar-refractivity contribution in [1.29, 1.82) is 0 Å². The number of amides is 2. The van der Waals surface area contributed by atoms with Crippen LogP contribution < -0.4 is 10.6 Å². The average Bonchev–Trinajstić information content (AvgIpc) is 2.93. The molecule has 1 aliphatic heterocycles. The number of aliphatic hydroxyl groups excluding tert-OH is 1. The Hall–Kier alpha value is -3.23. The summed E-state index contributed by atoms with van der Waals surface area (Å²) < 4.78 is 12.9. The van der Waals surface area contributed by atoms with Gasteiger partial charge in [0.1, 0.15) is 0 Å². The molecule has 7 nitrogen and oxygen atoms in total. The zero-order valence-electron chi connectivity index (χ0n) is 21.8. The Morgan fingerprint density at radius 3 is 2.32 bits per heavy atom. The van der Waals surface area contributed by atoms with E-state index in [2.05, 4.69) is 53.8 Å². The second-order valence-electron chi connectivity index (χ2n) is 9.48. The molecule has 4 rings (SSSR count). The fourth-order valence-electron chi connectivity index (χ4n) is 4.56. The second kappa shape index (κ2) is 12.8. The SMILES string of the molecule is CCNC(=O)Nc1ccc(C2OC(CN(C)C(C)c3ccccc3)CC(c3ccc(CO)cc3)O2)cc1. The maximum atomic E-state index is 11.9. The number of benzene rings is 3. The molecule has 2 amide bonds. The number of hydrogen-bond donors (Lipinski definition) is 3. The molecule has 0 saturated carbocycles. The van der Waals surface area contributed by atoms with Crippen LogP contribution in [0.15, 0.2) is 78.9 Å². The number of carbonyl (C=O) groups excluding carboxylic acids is 1. The Morgan fingerprint density at radius 1 is 1.00 bits per heavy atom. The van der Waals surface area contributed by atoms with Crippen LogP contribution in [0.3, 0.4) is 0 Å². The van der Waals surface area contributed by atoms with Gasteiger partial charge in [0.2, 0.25) is 0 Å². The lowest BCUT2D eigenvalue weighted by atomic mass is 9.99. The van der Waals surface area contributed by atoms with E-state index in [0.717, 1.165) is 29.7 Å². The highest BCUT2D eigenvalue weighted by Crippen LogP contribution is 2.38. The lowest BCUT2D eigenvalue weighted by molar-refractivity contribution is -0.253. The van der Waals surface area contributed by atoms with Crippen LogP contribution >= 0.6 is 0 Å². The molecule has 4 unspecified atom stereocenters.